The van der Waals surface area contributed by atoms with E-state index in [0.717, 1.165) is 5.01 Å². The lowest BCUT2D eigenvalue weighted by atomic mass is 9.99. The number of nitrogens with two attached hydrogens (primary N) is 1. The molecule has 0 saturated heterocycles. The first kappa shape index (κ1) is 25.7. The van der Waals surface area contributed by atoms with Crippen LogP contribution >= 0.6 is 0 Å². The smallest absolute Gasteiger partial charge is 0.422 e. The number of amides is 2. The first-order chi connectivity index (χ1) is 17.6. The molecule has 1 aromatic heterocycles. The first-order valence-corrected chi connectivity index (χ1v) is 11.0. The van der Waals surface area contributed by atoms with Crippen molar-refractivity contribution in [1.29, 1.82) is 0 Å². The molecule has 0 saturated carbocycles. The highest BCUT2D eigenvalue weighted by Crippen LogP contribution is 2.24. The molecule has 2 amide bonds. The van der Waals surface area contributed by atoms with Crippen molar-refractivity contribution in [2.24, 2.45) is 5.84 Å². The second-order valence-corrected chi connectivity index (χ2v) is 8.05. The molecule has 37 heavy (non-hydrogen) atoms. The molecule has 0 spiro atoms. The molecule has 12 heteroatoms. The number of carbonyl (C=O) groups is 2. The number of aliphatic hydroxyl groups excluding tert-OH is 1. The SMILES string of the molecule is NN(C(=O)C(O)C(NC(=O)c1ccc(OCC(F)(F)F)cc1)c1ccccc1)c1ccc2nc[nH]c2c1. The van der Waals surface area contributed by atoms with Crippen molar-refractivity contribution in [3.63, 3.8) is 0 Å². The van der Waals surface area contributed by atoms with E-state index in [4.69, 9.17) is 5.84 Å². The Labute approximate surface area is 208 Å². The first-order valence-electron chi connectivity index (χ1n) is 11.0. The highest BCUT2D eigenvalue weighted by Gasteiger charge is 2.33. The number of aliphatic hydroxyl groups is 1. The molecule has 1 heterocycles. The molecule has 4 aromatic rings. The predicted molar refractivity (Wildman–Crippen MR) is 128 cm³/mol. The molecule has 192 valence electrons. The van der Waals surface area contributed by atoms with Gasteiger partial charge in [-0.2, -0.15) is 13.2 Å². The summed E-state index contributed by atoms with van der Waals surface area (Å²) in [6, 6.07) is 16.9. The number of fused-ring (bicyclic) bond motifs is 1. The third kappa shape index (κ3) is 6.23. The largest absolute Gasteiger partial charge is 0.484 e. The van der Waals surface area contributed by atoms with Crippen LogP contribution in [0.4, 0.5) is 18.9 Å². The second-order valence-electron chi connectivity index (χ2n) is 8.05. The van der Waals surface area contributed by atoms with E-state index in [-0.39, 0.29) is 17.0 Å². The van der Waals surface area contributed by atoms with Crippen LogP contribution in [0.3, 0.4) is 0 Å². The van der Waals surface area contributed by atoms with Gasteiger partial charge in [-0.25, -0.2) is 15.8 Å². The zero-order valence-electron chi connectivity index (χ0n) is 19.1. The van der Waals surface area contributed by atoms with Crippen molar-refractivity contribution in [1.82, 2.24) is 15.3 Å². The minimum Gasteiger partial charge on any atom is -0.484 e. The monoisotopic (exact) mass is 513 g/mol. The number of carbonyl (C=O) groups excluding carboxylic acids is 2. The quantitative estimate of drug-likeness (QED) is 0.162. The second kappa shape index (κ2) is 10.7. The number of aromatic amines is 1. The maximum Gasteiger partial charge on any atom is 0.422 e. The topological polar surface area (TPSA) is 134 Å². The van der Waals surface area contributed by atoms with Gasteiger partial charge in [-0.15, -0.1) is 0 Å². The normalized spacial score (nSPS) is 13.1. The van der Waals surface area contributed by atoms with Crippen molar-refractivity contribution < 1.29 is 32.6 Å². The molecule has 0 aliphatic heterocycles. The van der Waals surface area contributed by atoms with Crippen LogP contribution < -0.4 is 20.9 Å². The molecule has 0 bridgehead atoms. The summed E-state index contributed by atoms with van der Waals surface area (Å²) in [5, 5.41) is 14.4. The molecular weight excluding hydrogens is 491 g/mol. The maximum atomic E-state index is 13.1. The summed E-state index contributed by atoms with van der Waals surface area (Å²) in [6.07, 6.45) is -4.78. The van der Waals surface area contributed by atoms with Crippen LogP contribution in [0, 0.1) is 0 Å². The van der Waals surface area contributed by atoms with E-state index in [1.165, 1.54) is 30.6 Å². The average molecular weight is 513 g/mol. The zero-order valence-corrected chi connectivity index (χ0v) is 19.1. The van der Waals surface area contributed by atoms with Gasteiger partial charge in [-0.1, -0.05) is 30.3 Å². The van der Waals surface area contributed by atoms with Gasteiger partial charge in [-0.3, -0.25) is 9.59 Å². The number of nitrogens with one attached hydrogen (secondary N) is 2. The molecule has 3 aromatic carbocycles. The van der Waals surface area contributed by atoms with Crippen molar-refractivity contribution in [3.05, 3.63) is 90.3 Å². The summed E-state index contributed by atoms with van der Waals surface area (Å²) < 4.78 is 41.7. The Morgan fingerprint density at radius 1 is 1.08 bits per heavy atom. The summed E-state index contributed by atoms with van der Waals surface area (Å²) in [6.45, 7) is -1.47. The van der Waals surface area contributed by atoms with Crippen molar-refractivity contribution in [2.45, 2.75) is 18.3 Å². The number of rotatable bonds is 8. The molecule has 0 aliphatic carbocycles. The number of alkyl halides is 3. The van der Waals surface area contributed by atoms with Gasteiger partial charge in [0.05, 0.1) is 29.1 Å². The summed E-state index contributed by atoms with van der Waals surface area (Å²) in [5.74, 6) is 4.38. The number of H-pyrrole nitrogens is 1. The van der Waals surface area contributed by atoms with E-state index in [2.05, 4.69) is 20.0 Å². The Bertz CT molecular complexity index is 1380. The number of aromatic nitrogens is 2. The zero-order chi connectivity index (χ0) is 26.6. The van der Waals surface area contributed by atoms with E-state index in [1.54, 1.807) is 48.5 Å². The molecule has 0 fully saturated rings. The highest BCUT2D eigenvalue weighted by atomic mass is 19.4. The number of hydrogen-bond acceptors (Lipinski definition) is 6. The van der Waals surface area contributed by atoms with Gasteiger partial charge in [0.25, 0.3) is 11.8 Å². The third-order valence-corrected chi connectivity index (χ3v) is 5.45. The van der Waals surface area contributed by atoms with Gasteiger partial charge in [0.2, 0.25) is 0 Å². The van der Waals surface area contributed by atoms with E-state index >= 15 is 0 Å². The van der Waals surface area contributed by atoms with Gasteiger partial charge >= 0.3 is 6.18 Å². The van der Waals surface area contributed by atoms with Crippen LogP contribution in [0.2, 0.25) is 0 Å². The lowest BCUT2D eigenvalue weighted by Gasteiger charge is -2.27. The Morgan fingerprint density at radius 2 is 1.78 bits per heavy atom. The summed E-state index contributed by atoms with van der Waals surface area (Å²) in [5.41, 5.74) is 2.09. The highest BCUT2D eigenvalue weighted by molar-refractivity contribution is 5.99. The molecular formula is C25H22F3N5O4. The minimum atomic E-state index is -4.50. The van der Waals surface area contributed by atoms with E-state index in [0.29, 0.717) is 16.6 Å². The maximum absolute atomic E-state index is 13.1. The fraction of sp³-hybridized carbons (Fsp3) is 0.160. The third-order valence-electron chi connectivity index (χ3n) is 5.45. The Kier molecular flexibility index (Phi) is 7.41. The van der Waals surface area contributed by atoms with Crippen molar-refractivity contribution in [3.8, 4) is 5.75 Å². The van der Waals surface area contributed by atoms with Gasteiger partial charge in [0.15, 0.2) is 12.7 Å². The van der Waals surface area contributed by atoms with Crippen LogP contribution in [0.15, 0.2) is 79.1 Å². The van der Waals surface area contributed by atoms with Crippen molar-refractivity contribution >= 4 is 28.5 Å². The van der Waals surface area contributed by atoms with Gasteiger partial charge in [0, 0.05) is 5.56 Å². The number of anilines is 1. The van der Waals surface area contributed by atoms with E-state index in [9.17, 15) is 27.9 Å². The van der Waals surface area contributed by atoms with Crippen LogP contribution in [0.5, 0.6) is 5.75 Å². The number of ether oxygens (including phenoxy) is 1. The summed E-state index contributed by atoms with van der Waals surface area (Å²) >= 11 is 0. The Morgan fingerprint density at radius 3 is 2.46 bits per heavy atom. The van der Waals surface area contributed by atoms with Crippen molar-refractivity contribution in [2.75, 3.05) is 11.6 Å². The lowest BCUT2D eigenvalue weighted by molar-refractivity contribution is -0.153. The van der Waals surface area contributed by atoms with Crippen LogP contribution in [-0.4, -0.2) is 45.8 Å². The Hall–Kier alpha value is -4.42. The van der Waals surface area contributed by atoms with Crippen LogP contribution in [-0.2, 0) is 4.79 Å². The molecule has 0 radical (unpaired) electrons. The van der Waals surface area contributed by atoms with E-state index in [1.807, 2.05) is 0 Å². The standard InChI is InChI=1S/C25H22F3N5O4/c26-25(27,28)13-37-18-9-6-16(7-10-18)23(35)32-21(15-4-2-1-3-5-15)22(34)24(36)33(29)17-8-11-19-20(12-17)31-14-30-19/h1-12,14,21-22,34H,13,29H2,(H,30,31)(H,32,35). The van der Waals surface area contributed by atoms with Gasteiger partial charge in [-0.05, 0) is 48.0 Å². The fourth-order valence-corrected chi connectivity index (χ4v) is 3.58. The van der Waals surface area contributed by atoms with Crippen LogP contribution in [0.25, 0.3) is 11.0 Å². The molecule has 9 nitrogen and oxygen atoms in total. The lowest BCUT2D eigenvalue weighted by Crippen LogP contribution is -2.50. The summed E-state index contributed by atoms with van der Waals surface area (Å²) in [4.78, 5) is 33.1. The van der Waals surface area contributed by atoms with E-state index < -0.39 is 36.7 Å². The average Bonchev–Trinajstić information content (AvgIpc) is 3.37. The molecule has 0 aliphatic rings. The number of hydrogen-bond donors (Lipinski definition) is 4. The summed E-state index contributed by atoms with van der Waals surface area (Å²) in [7, 11) is 0. The fourth-order valence-electron chi connectivity index (χ4n) is 3.58. The van der Waals surface area contributed by atoms with Crippen LogP contribution in [0.1, 0.15) is 22.0 Å². The minimum absolute atomic E-state index is 0.0725. The molecule has 2 atom stereocenters. The number of benzene rings is 3. The van der Waals surface area contributed by atoms with Gasteiger partial charge in [0.1, 0.15) is 5.75 Å². The number of halogens is 3. The van der Waals surface area contributed by atoms with Gasteiger partial charge < -0.3 is 20.1 Å². The number of imidazole rings is 1. The predicted octanol–water partition coefficient (Wildman–Crippen LogP) is 3.24. The molecule has 2 unspecified atom stereocenters. The number of nitrogens with zero attached hydrogens (tertiary/aromatic N) is 2. The Balaban J connectivity index is 1.52. The number of hydrazine groups is 1. The molecule has 4 rings (SSSR count). The molecule has 5 N–H and O–H groups in total.